The fraction of sp³-hybridized carbons (Fsp3) is 0.833. The first kappa shape index (κ1) is 12.4. The zero-order chi connectivity index (χ0) is 12.3. The molecule has 0 aromatic carbocycles. The van der Waals surface area contributed by atoms with Crippen molar-refractivity contribution < 1.29 is 9.59 Å². The summed E-state index contributed by atoms with van der Waals surface area (Å²) in [6.07, 6.45) is 4.19. The van der Waals surface area contributed by atoms with Gasteiger partial charge in [-0.15, -0.1) is 0 Å². The Morgan fingerprint density at radius 2 is 2.41 bits per heavy atom. The highest BCUT2D eigenvalue weighted by molar-refractivity contribution is 5.86. The molecule has 2 aliphatic heterocycles. The first-order valence-electron chi connectivity index (χ1n) is 6.49. The molecule has 0 aromatic rings. The minimum absolute atomic E-state index is 0.0821. The molecule has 17 heavy (non-hydrogen) atoms. The monoisotopic (exact) mass is 239 g/mol. The Morgan fingerprint density at radius 3 is 2.94 bits per heavy atom. The molecule has 2 rings (SSSR count). The average Bonchev–Trinajstić information content (AvgIpc) is 2.95. The van der Waals surface area contributed by atoms with Crippen LogP contribution in [0.2, 0.25) is 0 Å². The number of carbonyl (C=O) groups excluding carboxylic acids is 2. The number of carbonyl (C=O) groups is 2. The summed E-state index contributed by atoms with van der Waals surface area (Å²) in [5.41, 5.74) is -0.372. The van der Waals surface area contributed by atoms with Gasteiger partial charge in [0.2, 0.25) is 11.8 Å². The highest BCUT2D eigenvalue weighted by Gasteiger charge is 2.39. The van der Waals surface area contributed by atoms with Gasteiger partial charge in [-0.25, -0.2) is 0 Å². The van der Waals surface area contributed by atoms with Crippen molar-refractivity contribution >= 4 is 11.8 Å². The third-order valence-electron chi connectivity index (χ3n) is 3.88. The van der Waals surface area contributed by atoms with Crippen LogP contribution in [0.25, 0.3) is 0 Å². The van der Waals surface area contributed by atoms with E-state index in [4.69, 9.17) is 0 Å². The zero-order valence-corrected chi connectivity index (χ0v) is 10.3. The molecule has 3 N–H and O–H groups in total. The Hall–Kier alpha value is -1.10. The maximum absolute atomic E-state index is 12.2. The van der Waals surface area contributed by atoms with Crippen LogP contribution in [0.4, 0.5) is 0 Å². The van der Waals surface area contributed by atoms with E-state index in [2.05, 4.69) is 16.0 Å². The molecular formula is C12H21N3O2. The molecule has 2 amide bonds. The van der Waals surface area contributed by atoms with Crippen LogP contribution in [0.1, 0.15) is 39.0 Å². The lowest BCUT2D eigenvalue weighted by Gasteiger charge is -2.27. The first-order valence-corrected chi connectivity index (χ1v) is 6.49. The molecule has 2 saturated heterocycles. The normalized spacial score (nSPS) is 32.5. The van der Waals surface area contributed by atoms with Crippen LogP contribution in [-0.2, 0) is 9.59 Å². The van der Waals surface area contributed by atoms with Gasteiger partial charge in [-0.2, -0.15) is 0 Å². The van der Waals surface area contributed by atoms with Crippen LogP contribution in [0.15, 0.2) is 0 Å². The molecule has 5 nitrogen and oxygen atoms in total. The second-order valence-corrected chi connectivity index (χ2v) is 4.98. The molecule has 0 spiro atoms. The predicted molar refractivity (Wildman–Crippen MR) is 64.4 cm³/mol. The third kappa shape index (κ3) is 2.60. The van der Waals surface area contributed by atoms with E-state index in [1.807, 2.05) is 6.92 Å². The summed E-state index contributed by atoms with van der Waals surface area (Å²) in [7, 11) is 0. The van der Waals surface area contributed by atoms with Crippen LogP contribution in [-0.4, -0.2) is 36.5 Å². The van der Waals surface area contributed by atoms with Crippen molar-refractivity contribution in [3.05, 3.63) is 0 Å². The average molecular weight is 239 g/mol. The third-order valence-corrected chi connectivity index (χ3v) is 3.88. The van der Waals surface area contributed by atoms with Gasteiger partial charge in [-0.05, 0) is 32.2 Å². The molecule has 2 heterocycles. The largest absolute Gasteiger partial charge is 0.352 e. The van der Waals surface area contributed by atoms with Crippen molar-refractivity contribution in [2.24, 2.45) is 0 Å². The van der Waals surface area contributed by atoms with Crippen LogP contribution < -0.4 is 16.0 Å². The summed E-state index contributed by atoms with van der Waals surface area (Å²) in [5.74, 6) is 0.173. The van der Waals surface area contributed by atoms with E-state index in [0.717, 1.165) is 32.2 Å². The highest BCUT2D eigenvalue weighted by Crippen LogP contribution is 2.23. The molecule has 2 unspecified atom stereocenters. The second kappa shape index (κ2) is 5.04. The quantitative estimate of drug-likeness (QED) is 0.642. The Kier molecular flexibility index (Phi) is 3.66. The maximum atomic E-state index is 12.2. The number of nitrogens with one attached hydrogen (secondary N) is 3. The summed E-state index contributed by atoms with van der Waals surface area (Å²) >= 11 is 0. The van der Waals surface area contributed by atoms with Crippen molar-refractivity contribution in [2.45, 2.75) is 50.6 Å². The molecule has 2 fully saturated rings. The standard InChI is InChI=1S/C12H21N3O2/c1-2-12(6-3-7-14-12)11(17)13-8-9-4-5-10(16)15-9/h9,14H,2-8H2,1H3,(H,13,17)(H,15,16). The molecule has 2 atom stereocenters. The summed E-state index contributed by atoms with van der Waals surface area (Å²) in [6, 6.07) is 0.113. The Bertz CT molecular complexity index is 311. The number of amides is 2. The van der Waals surface area contributed by atoms with Crippen molar-refractivity contribution in [3.63, 3.8) is 0 Å². The van der Waals surface area contributed by atoms with Gasteiger partial charge in [-0.3, -0.25) is 9.59 Å². The summed E-state index contributed by atoms with van der Waals surface area (Å²) in [5, 5.41) is 9.12. The summed E-state index contributed by atoms with van der Waals surface area (Å²) in [6.45, 7) is 3.50. The fourth-order valence-electron chi connectivity index (χ4n) is 2.68. The summed E-state index contributed by atoms with van der Waals surface area (Å²) < 4.78 is 0. The number of rotatable bonds is 4. The lowest BCUT2D eigenvalue weighted by Crippen LogP contribution is -2.54. The van der Waals surface area contributed by atoms with Crippen molar-refractivity contribution in [1.29, 1.82) is 0 Å². The highest BCUT2D eigenvalue weighted by atomic mass is 16.2. The molecule has 0 bridgehead atoms. The van der Waals surface area contributed by atoms with Gasteiger partial charge >= 0.3 is 0 Å². The minimum atomic E-state index is -0.372. The predicted octanol–water partition coefficient (Wildman–Crippen LogP) is -0.0866. The molecule has 0 saturated carbocycles. The fourth-order valence-corrected chi connectivity index (χ4v) is 2.68. The molecule has 2 aliphatic rings. The lowest BCUT2D eigenvalue weighted by atomic mass is 9.93. The van der Waals surface area contributed by atoms with Crippen molar-refractivity contribution in [3.8, 4) is 0 Å². The maximum Gasteiger partial charge on any atom is 0.240 e. The van der Waals surface area contributed by atoms with Crippen LogP contribution >= 0.6 is 0 Å². The van der Waals surface area contributed by atoms with Gasteiger partial charge in [0.15, 0.2) is 0 Å². The smallest absolute Gasteiger partial charge is 0.240 e. The van der Waals surface area contributed by atoms with E-state index in [1.54, 1.807) is 0 Å². The second-order valence-electron chi connectivity index (χ2n) is 4.98. The van der Waals surface area contributed by atoms with E-state index in [0.29, 0.717) is 13.0 Å². The van der Waals surface area contributed by atoms with Crippen LogP contribution in [0.3, 0.4) is 0 Å². The zero-order valence-electron chi connectivity index (χ0n) is 10.3. The van der Waals surface area contributed by atoms with Crippen LogP contribution in [0.5, 0.6) is 0 Å². The molecule has 0 aromatic heterocycles. The van der Waals surface area contributed by atoms with Crippen molar-refractivity contribution in [2.75, 3.05) is 13.1 Å². The van der Waals surface area contributed by atoms with E-state index in [1.165, 1.54) is 0 Å². The van der Waals surface area contributed by atoms with E-state index >= 15 is 0 Å². The van der Waals surface area contributed by atoms with Crippen molar-refractivity contribution in [1.82, 2.24) is 16.0 Å². The Balaban J connectivity index is 1.82. The van der Waals surface area contributed by atoms with Gasteiger partial charge in [0.25, 0.3) is 0 Å². The van der Waals surface area contributed by atoms with Gasteiger partial charge < -0.3 is 16.0 Å². The minimum Gasteiger partial charge on any atom is -0.352 e. The van der Waals surface area contributed by atoms with Gasteiger partial charge in [-0.1, -0.05) is 6.92 Å². The Morgan fingerprint density at radius 1 is 1.59 bits per heavy atom. The lowest BCUT2D eigenvalue weighted by molar-refractivity contribution is -0.127. The number of hydrogen-bond acceptors (Lipinski definition) is 3. The molecule has 0 radical (unpaired) electrons. The van der Waals surface area contributed by atoms with Gasteiger partial charge in [0, 0.05) is 19.0 Å². The van der Waals surface area contributed by atoms with Gasteiger partial charge in [0.1, 0.15) is 0 Å². The summed E-state index contributed by atoms with van der Waals surface area (Å²) in [4.78, 5) is 23.2. The molecule has 96 valence electrons. The van der Waals surface area contributed by atoms with E-state index in [9.17, 15) is 9.59 Å². The van der Waals surface area contributed by atoms with Gasteiger partial charge in [0.05, 0.1) is 5.54 Å². The Labute approximate surface area is 102 Å². The van der Waals surface area contributed by atoms with E-state index in [-0.39, 0.29) is 23.4 Å². The first-order chi connectivity index (χ1) is 8.16. The topological polar surface area (TPSA) is 70.2 Å². The molecule has 5 heteroatoms. The van der Waals surface area contributed by atoms with Crippen LogP contribution in [0, 0.1) is 0 Å². The molecule has 0 aliphatic carbocycles. The molecular weight excluding hydrogens is 218 g/mol. The SMILES string of the molecule is CCC1(C(=O)NCC2CCC(=O)N2)CCCN1. The number of hydrogen-bond donors (Lipinski definition) is 3. The van der Waals surface area contributed by atoms with E-state index < -0.39 is 0 Å².